The lowest BCUT2D eigenvalue weighted by Gasteiger charge is -2.23. The third-order valence-corrected chi connectivity index (χ3v) is 4.73. The zero-order chi connectivity index (χ0) is 13.4. The summed E-state index contributed by atoms with van der Waals surface area (Å²) >= 11 is 3.43. The van der Waals surface area contributed by atoms with Crippen LogP contribution in [0.25, 0.3) is 0 Å². The predicted octanol–water partition coefficient (Wildman–Crippen LogP) is 2.10. The molecule has 2 fully saturated rings. The van der Waals surface area contributed by atoms with E-state index in [-0.39, 0.29) is 5.91 Å². The van der Waals surface area contributed by atoms with Crippen molar-refractivity contribution in [1.82, 2.24) is 14.4 Å². The molecule has 5 heteroatoms. The standard InChI is InChI=1S/C14H20BrN3O/c1-16-9-11(15)8-13(16)14(19)18-7-4-12(10-18)17-5-2-3-6-17/h8-9,12H,2-7,10H2,1H3. The summed E-state index contributed by atoms with van der Waals surface area (Å²) in [6.45, 7) is 4.20. The summed E-state index contributed by atoms with van der Waals surface area (Å²) < 4.78 is 2.86. The molecule has 3 rings (SSSR count). The van der Waals surface area contributed by atoms with Crippen molar-refractivity contribution < 1.29 is 4.79 Å². The van der Waals surface area contributed by atoms with Crippen molar-refractivity contribution in [2.24, 2.45) is 7.05 Å². The lowest BCUT2D eigenvalue weighted by atomic mass is 10.2. The third kappa shape index (κ3) is 2.58. The number of hydrogen-bond donors (Lipinski definition) is 0. The summed E-state index contributed by atoms with van der Waals surface area (Å²) in [5, 5.41) is 0. The maximum Gasteiger partial charge on any atom is 0.270 e. The zero-order valence-electron chi connectivity index (χ0n) is 11.3. The number of nitrogens with zero attached hydrogens (tertiary/aromatic N) is 3. The van der Waals surface area contributed by atoms with Crippen molar-refractivity contribution in [1.29, 1.82) is 0 Å². The molecule has 0 N–H and O–H groups in total. The van der Waals surface area contributed by atoms with Crippen LogP contribution in [0.2, 0.25) is 0 Å². The topological polar surface area (TPSA) is 28.5 Å². The van der Waals surface area contributed by atoms with E-state index in [9.17, 15) is 4.79 Å². The Morgan fingerprint density at radius 2 is 2.05 bits per heavy atom. The largest absolute Gasteiger partial charge is 0.345 e. The Labute approximate surface area is 122 Å². The molecule has 2 aliphatic rings. The van der Waals surface area contributed by atoms with Crippen LogP contribution in [-0.2, 0) is 7.05 Å². The van der Waals surface area contributed by atoms with Crippen LogP contribution < -0.4 is 0 Å². The van der Waals surface area contributed by atoms with Gasteiger partial charge in [-0.3, -0.25) is 9.69 Å². The van der Waals surface area contributed by atoms with Crippen molar-refractivity contribution in [3.8, 4) is 0 Å². The quantitative estimate of drug-likeness (QED) is 0.833. The van der Waals surface area contributed by atoms with Crippen LogP contribution in [0.5, 0.6) is 0 Å². The van der Waals surface area contributed by atoms with E-state index < -0.39 is 0 Å². The number of aromatic nitrogens is 1. The first-order chi connectivity index (χ1) is 9.15. The maximum atomic E-state index is 12.5. The Balaban J connectivity index is 1.67. The highest BCUT2D eigenvalue weighted by Gasteiger charge is 2.32. The minimum absolute atomic E-state index is 0.162. The minimum Gasteiger partial charge on any atom is -0.345 e. The number of aryl methyl sites for hydroxylation is 1. The monoisotopic (exact) mass is 325 g/mol. The van der Waals surface area contributed by atoms with Crippen LogP contribution in [0, 0.1) is 0 Å². The number of amides is 1. The Hall–Kier alpha value is -0.810. The van der Waals surface area contributed by atoms with Crippen molar-refractivity contribution in [3.05, 3.63) is 22.4 Å². The Kier molecular flexibility index (Phi) is 3.67. The summed E-state index contributed by atoms with van der Waals surface area (Å²) in [4.78, 5) is 17.1. The van der Waals surface area contributed by atoms with Crippen LogP contribution in [0.1, 0.15) is 29.8 Å². The number of carbonyl (C=O) groups excluding carboxylic acids is 1. The fourth-order valence-electron chi connectivity index (χ4n) is 3.23. The van der Waals surface area contributed by atoms with Crippen LogP contribution in [0.4, 0.5) is 0 Å². The van der Waals surface area contributed by atoms with E-state index in [1.807, 2.05) is 28.8 Å². The summed E-state index contributed by atoms with van der Waals surface area (Å²) in [6, 6.07) is 2.49. The minimum atomic E-state index is 0.162. The normalized spacial score (nSPS) is 24.3. The van der Waals surface area contributed by atoms with E-state index in [0.717, 1.165) is 29.7 Å². The average molecular weight is 326 g/mol. The van der Waals surface area contributed by atoms with Gasteiger partial charge in [0.2, 0.25) is 0 Å². The Bertz CT molecular complexity index is 479. The van der Waals surface area contributed by atoms with Gasteiger partial charge in [-0.25, -0.2) is 0 Å². The number of carbonyl (C=O) groups is 1. The molecule has 0 spiro atoms. The van der Waals surface area contributed by atoms with E-state index in [2.05, 4.69) is 20.8 Å². The smallest absolute Gasteiger partial charge is 0.270 e. The highest BCUT2D eigenvalue weighted by Crippen LogP contribution is 2.23. The molecule has 0 aromatic carbocycles. The predicted molar refractivity (Wildman–Crippen MR) is 78.2 cm³/mol. The SMILES string of the molecule is Cn1cc(Br)cc1C(=O)N1CCC(N2CCCC2)C1. The number of hydrogen-bond acceptors (Lipinski definition) is 2. The second kappa shape index (κ2) is 5.29. The molecule has 2 aliphatic heterocycles. The molecule has 1 aromatic rings. The second-order valence-electron chi connectivity index (χ2n) is 5.59. The fraction of sp³-hybridized carbons (Fsp3) is 0.643. The van der Waals surface area contributed by atoms with Gasteiger partial charge in [-0.05, 0) is 54.3 Å². The van der Waals surface area contributed by atoms with E-state index in [1.165, 1.54) is 25.9 Å². The van der Waals surface area contributed by atoms with Gasteiger partial charge < -0.3 is 9.47 Å². The van der Waals surface area contributed by atoms with E-state index >= 15 is 0 Å². The molecule has 1 unspecified atom stereocenters. The lowest BCUT2D eigenvalue weighted by molar-refractivity contribution is 0.0770. The average Bonchev–Trinajstić information content (AvgIpc) is 3.06. The summed E-state index contributed by atoms with van der Waals surface area (Å²) in [7, 11) is 1.92. The highest BCUT2D eigenvalue weighted by atomic mass is 79.9. The van der Waals surface area contributed by atoms with Crippen molar-refractivity contribution >= 4 is 21.8 Å². The van der Waals surface area contributed by atoms with Gasteiger partial charge in [0.05, 0.1) is 0 Å². The van der Waals surface area contributed by atoms with E-state index in [0.29, 0.717) is 6.04 Å². The maximum absolute atomic E-state index is 12.5. The van der Waals surface area contributed by atoms with Gasteiger partial charge in [-0.1, -0.05) is 0 Å². The molecular formula is C14H20BrN3O. The fourth-order valence-corrected chi connectivity index (χ4v) is 3.75. The molecule has 3 heterocycles. The van der Waals surface area contributed by atoms with Crippen molar-refractivity contribution in [2.75, 3.05) is 26.2 Å². The number of halogens is 1. The summed E-state index contributed by atoms with van der Waals surface area (Å²) in [5.41, 5.74) is 0.772. The molecule has 4 nitrogen and oxygen atoms in total. The molecular weight excluding hydrogens is 306 g/mol. The lowest BCUT2D eigenvalue weighted by Crippen LogP contribution is -2.37. The van der Waals surface area contributed by atoms with Gasteiger partial charge in [-0.2, -0.15) is 0 Å². The molecule has 0 saturated carbocycles. The molecule has 0 aliphatic carbocycles. The van der Waals surface area contributed by atoms with Crippen LogP contribution in [-0.4, -0.2) is 52.5 Å². The molecule has 0 bridgehead atoms. The van der Waals surface area contributed by atoms with Gasteiger partial charge in [0, 0.05) is 36.8 Å². The van der Waals surface area contributed by atoms with Gasteiger partial charge >= 0.3 is 0 Å². The Morgan fingerprint density at radius 1 is 1.32 bits per heavy atom. The Morgan fingerprint density at radius 3 is 2.68 bits per heavy atom. The van der Waals surface area contributed by atoms with Crippen LogP contribution >= 0.6 is 15.9 Å². The highest BCUT2D eigenvalue weighted by molar-refractivity contribution is 9.10. The van der Waals surface area contributed by atoms with Crippen LogP contribution in [0.3, 0.4) is 0 Å². The van der Waals surface area contributed by atoms with Gasteiger partial charge in [0.1, 0.15) is 5.69 Å². The first-order valence-corrected chi connectivity index (χ1v) is 7.79. The van der Waals surface area contributed by atoms with E-state index in [4.69, 9.17) is 0 Å². The molecule has 0 radical (unpaired) electrons. The van der Waals surface area contributed by atoms with Crippen molar-refractivity contribution in [3.63, 3.8) is 0 Å². The molecule has 19 heavy (non-hydrogen) atoms. The molecule has 2 saturated heterocycles. The number of rotatable bonds is 2. The first kappa shape index (κ1) is 13.2. The second-order valence-corrected chi connectivity index (χ2v) is 6.51. The summed E-state index contributed by atoms with van der Waals surface area (Å²) in [6.07, 6.45) is 5.68. The number of likely N-dealkylation sites (tertiary alicyclic amines) is 2. The molecule has 1 atom stereocenters. The third-order valence-electron chi connectivity index (χ3n) is 4.30. The van der Waals surface area contributed by atoms with Gasteiger partial charge in [-0.15, -0.1) is 0 Å². The summed E-state index contributed by atoms with van der Waals surface area (Å²) in [5.74, 6) is 0.162. The zero-order valence-corrected chi connectivity index (χ0v) is 12.9. The van der Waals surface area contributed by atoms with Gasteiger partial charge in [0.15, 0.2) is 0 Å². The van der Waals surface area contributed by atoms with Gasteiger partial charge in [0.25, 0.3) is 5.91 Å². The molecule has 1 aromatic heterocycles. The molecule has 104 valence electrons. The first-order valence-electron chi connectivity index (χ1n) is 7.00. The van der Waals surface area contributed by atoms with Crippen LogP contribution in [0.15, 0.2) is 16.7 Å². The van der Waals surface area contributed by atoms with Crippen molar-refractivity contribution in [2.45, 2.75) is 25.3 Å². The molecule has 1 amide bonds. The van der Waals surface area contributed by atoms with E-state index in [1.54, 1.807) is 0 Å².